The van der Waals surface area contributed by atoms with Crippen LogP contribution < -0.4 is 5.32 Å². The molecule has 9 heteroatoms. The maximum atomic E-state index is 11.1. The predicted molar refractivity (Wildman–Crippen MR) is 53.2 cm³/mol. The summed E-state index contributed by atoms with van der Waals surface area (Å²) < 4.78 is 4.76. The lowest BCUT2D eigenvalue weighted by molar-refractivity contribution is -0.402. The van der Waals surface area contributed by atoms with Crippen LogP contribution in [0.3, 0.4) is 0 Å². The van der Waals surface area contributed by atoms with Gasteiger partial charge in [0.25, 0.3) is 5.91 Å². The Balaban J connectivity index is 2.12. The van der Waals surface area contributed by atoms with Crippen molar-refractivity contribution in [2.45, 2.75) is 0 Å². The number of hydrogen-bond acceptors (Lipinski definition) is 6. The number of furan rings is 1. The largest absolute Gasteiger partial charge is 0.433 e. The van der Waals surface area contributed by atoms with E-state index < -0.39 is 22.7 Å². The first-order chi connectivity index (χ1) is 8.08. The van der Waals surface area contributed by atoms with E-state index in [4.69, 9.17) is 4.42 Å². The van der Waals surface area contributed by atoms with E-state index in [0.29, 0.717) is 5.01 Å². The molecule has 1 aliphatic rings. The number of urea groups is 1. The second kappa shape index (κ2) is 4.04. The maximum absolute atomic E-state index is 11.1. The standard InChI is InChI=1S/C8H6N4O5/c13-6-4-9-8(14)11(6)10-3-5-1-2-7(17-5)12(15)16/h1-3H,4H2,(H,9,14)/b10-3+. The fourth-order valence-corrected chi connectivity index (χ4v) is 1.16. The average molecular weight is 238 g/mol. The summed E-state index contributed by atoms with van der Waals surface area (Å²) in [5.41, 5.74) is 0. The molecule has 1 aromatic heterocycles. The van der Waals surface area contributed by atoms with Crippen molar-refractivity contribution in [3.63, 3.8) is 0 Å². The van der Waals surface area contributed by atoms with Crippen molar-refractivity contribution in [1.82, 2.24) is 10.3 Å². The molecule has 1 aromatic rings. The molecule has 1 saturated heterocycles. The zero-order chi connectivity index (χ0) is 12.4. The van der Waals surface area contributed by atoms with Gasteiger partial charge in [0.15, 0.2) is 5.76 Å². The van der Waals surface area contributed by atoms with Gasteiger partial charge in [-0.05, 0) is 6.07 Å². The molecule has 1 fully saturated rings. The van der Waals surface area contributed by atoms with Crippen LogP contribution in [0.4, 0.5) is 10.7 Å². The first-order valence-electron chi connectivity index (χ1n) is 4.47. The van der Waals surface area contributed by atoms with E-state index in [1.165, 1.54) is 6.07 Å². The molecule has 2 heterocycles. The van der Waals surface area contributed by atoms with Gasteiger partial charge in [-0.15, -0.1) is 5.01 Å². The number of nitrogens with zero attached hydrogens (tertiary/aromatic N) is 3. The molecule has 0 spiro atoms. The van der Waals surface area contributed by atoms with E-state index in [1.807, 2.05) is 0 Å². The number of imide groups is 1. The number of hydrogen-bond donors (Lipinski definition) is 1. The van der Waals surface area contributed by atoms with Gasteiger partial charge in [-0.3, -0.25) is 14.9 Å². The molecule has 2 rings (SSSR count). The molecule has 0 unspecified atom stereocenters. The number of carbonyl (C=O) groups is 2. The molecule has 0 aliphatic carbocycles. The highest BCUT2D eigenvalue weighted by atomic mass is 16.6. The topological polar surface area (TPSA) is 118 Å². The lowest BCUT2D eigenvalue weighted by Gasteiger charge is -2.01. The molecule has 9 nitrogen and oxygen atoms in total. The van der Waals surface area contributed by atoms with Crippen LogP contribution in [0.15, 0.2) is 21.7 Å². The highest BCUT2D eigenvalue weighted by molar-refractivity contribution is 6.02. The van der Waals surface area contributed by atoms with Gasteiger partial charge in [0, 0.05) is 0 Å². The highest BCUT2D eigenvalue weighted by Gasteiger charge is 2.28. The van der Waals surface area contributed by atoms with Gasteiger partial charge >= 0.3 is 11.9 Å². The van der Waals surface area contributed by atoms with Crippen LogP contribution in [0.1, 0.15) is 5.76 Å². The SMILES string of the molecule is O=C1CNC(=O)N1/N=C/c1ccc([N+](=O)[O-])o1. The fraction of sp³-hybridized carbons (Fsp3) is 0.125. The fourth-order valence-electron chi connectivity index (χ4n) is 1.16. The van der Waals surface area contributed by atoms with Crippen molar-refractivity contribution in [2.24, 2.45) is 5.10 Å². The Morgan fingerprint density at radius 1 is 1.53 bits per heavy atom. The summed E-state index contributed by atoms with van der Waals surface area (Å²) in [5, 5.41) is 16.8. The molecule has 88 valence electrons. The molecule has 3 amide bonds. The number of amides is 3. The molecule has 0 atom stereocenters. The van der Waals surface area contributed by atoms with E-state index in [0.717, 1.165) is 12.3 Å². The van der Waals surface area contributed by atoms with E-state index in [9.17, 15) is 19.7 Å². The van der Waals surface area contributed by atoms with Gasteiger partial charge in [-0.2, -0.15) is 5.10 Å². The van der Waals surface area contributed by atoms with Crippen molar-refractivity contribution in [1.29, 1.82) is 0 Å². The predicted octanol–water partition coefficient (Wildman–Crippen LogP) is 0.0735. The monoisotopic (exact) mass is 238 g/mol. The number of hydrazone groups is 1. The Kier molecular flexibility index (Phi) is 2.57. The summed E-state index contributed by atoms with van der Waals surface area (Å²) in [4.78, 5) is 31.8. The Hall–Kier alpha value is -2.71. The van der Waals surface area contributed by atoms with Gasteiger partial charge < -0.3 is 9.73 Å². The summed E-state index contributed by atoms with van der Waals surface area (Å²) in [6.07, 6.45) is 1.05. The number of nitrogens with one attached hydrogen (secondary N) is 1. The van der Waals surface area contributed by atoms with Gasteiger partial charge in [-0.1, -0.05) is 0 Å². The van der Waals surface area contributed by atoms with Crippen LogP contribution in [-0.4, -0.2) is 34.6 Å². The first-order valence-corrected chi connectivity index (χ1v) is 4.47. The highest BCUT2D eigenvalue weighted by Crippen LogP contribution is 2.14. The van der Waals surface area contributed by atoms with Crippen LogP contribution in [0, 0.1) is 10.1 Å². The van der Waals surface area contributed by atoms with Crippen molar-refractivity contribution >= 4 is 24.0 Å². The molecule has 1 N–H and O–H groups in total. The van der Waals surface area contributed by atoms with Crippen molar-refractivity contribution in [3.05, 3.63) is 28.0 Å². The lowest BCUT2D eigenvalue weighted by atomic mass is 10.5. The van der Waals surface area contributed by atoms with E-state index in [1.54, 1.807) is 0 Å². The molecule has 0 saturated carbocycles. The summed E-state index contributed by atoms with van der Waals surface area (Å²) in [5.74, 6) is -0.875. The van der Waals surface area contributed by atoms with Crippen molar-refractivity contribution < 1.29 is 18.9 Å². The molecule has 1 aliphatic heterocycles. The number of carbonyl (C=O) groups excluding carboxylic acids is 2. The lowest BCUT2D eigenvalue weighted by Crippen LogP contribution is -2.25. The zero-order valence-corrected chi connectivity index (χ0v) is 8.32. The zero-order valence-electron chi connectivity index (χ0n) is 8.32. The van der Waals surface area contributed by atoms with Crippen LogP contribution in [0.5, 0.6) is 0 Å². The van der Waals surface area contributed by atoms with Gasteiger partial charge in [-0.25, -0.2) is 4.79 Å². The molecule has 0 radical (unpaired) electrons. The van der Waals surface area contributed by atoms with E-state index in [2.05, 4.69) is 10.4 Å². The quantitative estimate of drug-likeness (QED) is 0.346. The minimum atomic E-state index is -0.703. The van der Waals surface area contributed by atoms with E-state index in [-0.39, 0.29) is 12.3 Å². The number of nitro groups is 1. The third-order valence-electron chi connectivity index (χ3n) is 1.91. The average Bonchev–Trinajstić information content (AvgIpc) is 2.85. The van der Waals surface area contributed by atoms with Crippen LogP contribution in [0.2, 0.25) is 0 Å². The minimum Gasteiger partial charge on any atom is -0.400 e. The minimum absolute atomic E-state index is 0.0733. The second-order valence-electron chi connectivity index (χ2n) is 3.04. The molecule has 17 heavy (non-hydrogen) atoms. The number of rotatable bonds is 3. The first kappa shape index (κ1) is 10.8. The molecular weight excluding hydrogens is 232 g/mol. The molecular formula is C8H6N4O5. The normalized spacial score (nSPS) is 15.6. The van der Waals surface area contributed by atoms with Crippen LogP contribution in [-0.2, 0) is 4.79 Å². The van der Waals surface area contributed by atoms with Crippen molar-refractivity contribution in [3.8, 4) is 0 Å². The van der Waals surface area contributed by atoms with Crippen LogP contribution in [0.25, 0.3) is 0 Å². The molecule has 0 bridgehead atoms. The Bertz CT molecular complexity index is 504. The van der Waals surface area contributed by atoms with E-state index >= 15 is 0 Å². The Labute approximate surface area is 93.8 Å². The Morgan fingerprint density at radius 2 is 2.29 bits per heavy atom. The maximum Gasteiger partial charge on any atom is 0.433 e. The second-order valence-corrected chi connectivity index (χ2v) is 3.04. The van der Waals surface area contributed by atoms with Gasteiger partial charge in [0.05, 0.1) is 12.3 Å². The summed E-state index contributed by atoms with van der Waals surface area (Å²) >= 11 is 0. The van der Waals surface area contributed by atoms with Crippen LogP contribution >= 0.6 is 0 Å². The van der Waals surface area contributed by atoms with Gasteiger partial charge in [0.1, 0.15) is 11.5 Å². The van der Waals surface area contributed by atoms with Gasteiger partial charge in [0.2, 0.25) is 0 Å². The Morgan fingerprint density at radius 3 is 2.82 bits per heavy atom. The third kappa shape index (κ3) is 2.12. The summed E-state index contributed by atoms with van der Waals surface area (Å²) in [6, 6.07) is 1.81. The summed E-state index contributed by atoms with van der Waals surface area (Å²) in [6.45, 7) is -0.117. The summed E-state index contributed by atoms with van der Waals surface area (Å²) in [7, 11) is 0. The van der Waals surface area contributed by atoms with Crippen molar-refractivity contribution in [2.75, 3.05) is 6.54 Å². The molecule has 0 aromatic carbocycles. The smallest absolute Gasteiger partial charge is 0.400 e. The third-order valence-corrected chi connectivity index (χ3v) is 1.91.